The molecule has 1 heterocycles. The van der Waals surface area contributed by atoms with Crippen LogP contribution in [0.2, 0.25) is 0 Å². The van der Waals surface area contributed by atoms with Crippen molar-refractivity contribution in [3.05, 3.63) is 230 Å². The summed E-state index contributed by atoms with van der Waals surface area (Å²) in [6, 6.07) is 79.7. The van der Waals surface area contributed by atoms with E-state index in [4.69, 9.17) is 0 Å². The second-order valence-electron chi connectivity index (χ2n) is 16.1. The summed E-state index contributed by atoms with van der Waals surface area (Å²) < 4.78 is 2.39. The number of nitrogens with zero attached hydrogens (tertiary/aromatic N) is 2. The molecule has 0 bridgehead atoms. The first kappa shape index (κ1) is 34.8. The molecule has 1 aliphatic rings. The van der Waals surface area contributed by atoms with Gasteiger partial charge in [0.25, 0.3) is 0 Å². The summed E-state index contributed by atoms with van der Waals surface area (Å²) in [6.07, 6.45) is 0. The number of aromatic nitrogens is 1. The van der Waals surface area contributed by atoms with Crippen molar-refractivity contribution in [3.8, 4) is 50.2 Å². The fraction of sp³-hybridized carbons (Fsp3) is 0.0526. The zero-order chi connectivity index (χ0) is 39.5. The Morgan fingerprint density at radius 3 is 1.46 bits per heavy atom. The highest BCUT2D eigenvalue weighted by molar-refractivity contribution is 6.09. The van der Waals surface area contributed by atoms with Crippen molar-refractivity contribution in [2.75, 3.05) is 4.90 Å². The van der Waals surface area contributed by atoms with E-state index in [1.165, 1.54) is 77.4 Å². The fourth-order valence-electron chi connectivity index (χ4n) is 9.54. The predicted molar refractivity (Wildman–Crippen MR) is 249 cm³/mol. The first-order chi connectivity index (χ1) is 29.0. The van der Waals surface area contributed by atoms with Crippen molar-refractivity contribution in [1.29, 1.82) is 0 Å². The van der Waals surface area contributed by atoms with Crippen molar-refractivity contribution in [3.63, 3.8) is 0 Å². The first-order valence-corrected chi connectivity index (χ1v) is 20.5. The average molecular weight is 755 g/mol. The van der Waals surface area contributed by atoms with Crippen LogP contribution in [0.4, 0.5) is 17.1 Å². The Balaban J connectivity index is 1.05. The van der Waals surface area contributed by atoms with Gasteiger partial charge in [-0.25, -0.2) is 0 Å². The number of fused-ring (bicyclic) bond motifs is 6. The molecule has 2 heteroatoms. The summed E-state index contributed by atoms with van der Waals surface area (Å²) >= 11 is 0. The van der Waals surface area contributed by atoms with E-state index < -0.39 is 0 Å². The van der Waals surface area contributed by atoms with Crippen LogP contribution in [0.3, 0.4) is 0 Å². The highest BCUT2D eigenvalue weighted by Gasteiger charge is 2.37. The maximum Gasteiger partial charge on any atom is 0.0541 e. The van der Waals surface area contributed by atoms with Gasteiger partial charge in [0, 0.05) is 38.8 Å². The third-order valence-corrected chi connectivity index (χ3v) is 12.4. The Morgan fingerprint density at radius 1 is 0.356 bits per heavy atom. The maximum atomic E-state index is 2.43. The molecule has 0 N–H and O–H groups in total. The van der Waals surface area contributed by atoms with Crippen molar-refractivity contribution < 1.29 is 0 Å². The SMILES string of the molecule is CC1(C)c2ccccc2-c2c(-c3ccccc3N(c3ccc(-c4ccc(-c5ccccc5)cc4)cc3)c3ccc(-n4c5ccccc5c5ccccc54)cc3)cccc21. The van der Waals surface area contributed by atoms with E-state index in [0.29, 0.717) is 0 Å². The van der Waals surface area contributed by atoms with E-state index in [1.54, 1.807) is 0 Å². The van der Waals surface area contributed by atoms with E-state index in [0.717, 1.165) is 22.7 Å². The summed E-state index contributed by atoms with van der Waals surface area (Å²) in [4.78, 5) is 2.43. The lowest BCUT2D eigenvalue weighted by Crippen LogP contribution is -2.14. The van der Waals surface area contributed by atoms with Gasteiger partial charge in [-0.05, 0) is 105 Å². The van der Waals surface area contributed by atoms with Gasteiger partial charge in [0.1, 0.15) is 0 Å². The molecular formula is C57H42N2. The zero-order valence-electron chi connectivity index (χ0n) is 33.2. The number of hydrogen-bond acceptors (Lipinski definition) is 1. The lowest BCUT2D eigenvalue weighted by molar-refractivity contribution is 0.660. The molecule has 1 aromatic heterocycles. The minimum atomic E-state index is -0.0890. The monoisotopic (exact) mass is 754 g/mol. The summed E-state index contributed by atoms with van der Waals surface area (Å²) in [5.74, 6) is 0. The van der Waals surface area contributed by atoms with Gasteiger partial charge in [0.05, 0.1) is 16.7 Å². The number of benzene rings is 9. The van der Waals surface area contributed by atoms with Crippen LogP contribution in [0.15, 0.2) is 218 Å². The smallest absolute Gasteiger partial charge is 0.0541 e. The molecule has 0 radical (unpaired) electrons. The molecule has 11 rings (SSSR count). The quantitative estimate of drug-likeness (QED) is 0.157. The average Bonchev–Trinajstić information content (AvgIpc) is 3.76. The van der Waals surface area contributed by atoms with Crippen LogP contribution >= 0.6 is 0 Å². The number of rotatable bonds is 7. The Kier molecular flexibility index (Phi) is 8.20. The molecule has 0 saturated heterocycles. The van der Waals surface area contributed by atoms with E-state index in [9.17, 15) is 0 Å². The van der Waals surface area contributed by atoms with E-state index in [2.05, 4.69) is 242 Å². The lowest BCUT2D eigenvalue weighted by atomic mass is 9.82. The van der Waals surface area contributed by atoms with Crippen LogP contribution < -0.4 is 4.90 Å². The lowest BCUT2D eigenvalue weighted by Gasteiger charge is -2.29. The predicted octanol–water partition coefficient (Wildman–Crippen LogP) is 15.6. The first-order valence-electron chi connectivity index (χ1n) is 20.5. The molecule has 0 saturated carbocycles. The minimum absolute atomic E-state index is 0.0890. The molecule has 0 atom stereocenters. The molecule has 10 aromatic rings. The van der Waals surface area contributed by atoms with Crippen LogP contribution in [0, 0.1) is 0 Å². The van der Waals surface area contributed by atoms with Gasteiger partial charge in [-0.3, -0.25) is 0 Å². The van der Waals surface area contributed by atoms with Crippen molar-refractivity contribution in [2.24, 2.45) is 0 Å². The third kappa shape index (κ3) is 5.71. The molecule has 0 unspecified atom stereocenters. The van der Waals surface area contributed by atoms with Crippen LogP contribution in [0.25, 0.3) is 72.0 Å². The summed E-state index contributed by atoms with van der Waals surface area (Å²) in [7, 11) is 0. The van der Waals surface area contributed by atoms with Gasteiger partial charge in [0.2, 0.25) is 0 Å². The zero-order valence-corrected chi connectivity index (χ0v) is 33.2. The van der Waals surface area contributed by atoms with Crippen molar-refractivity contribution in [1.82, 2.24) is 4.57 Å². The molecule has 0 amide bonds. The Bertz CT molecular complexity index is 3100. The van der Waals surface area contributed by atoms with Gasteiger partial charge in [-0.1, -0.05) is 178 Å². The molecule has 59 heavy (non-hydrogen) atoms. The van der Waals surface area contributed by atoms with Gasteiger partial charge >= 0.3 is 0 Å². The maximum absolute atomic E-state index is 2.43. The van der Waals surface area contributed by atoms with Crippen LogP contribution in [-0.4, -0.2) is 4.57 Å². The van der Waals surface area contributed by atoms with E-state index in [-0.39, 0.29) is 5.41 Å². The summed E-state index contributed by atoms with van der Waals surface area (Å²) in [5, 5.41) is 2.52. The number of hydrogen-bond donors (Lipinski definition) is 0. The standard InChI is InChI=1S/C57H42N2/c1-57(2)51-22-10-6-20-50(51)56-49(21-14-23-52(56)57)48-19-9-11-24-53(48)58(43-33-31-42(32-34-43)41-29-27-40(28-30-41)39-15-4-3-5-16-39)44-35-37-45(38-36-44)59-54-25-12-7-17-46(54)47-18-8-13-26-55(47)59/h3-38H,1-2H3. The Morgan fingerprint density at radius 2 is 0.814 bits per heavy atom. The third-order valence-electron chi connectivity index (χ3n) is 12.4. The second-order valence-corrected chi connectivity index (χ2v) is 16.1. The molecule has 280 valence electrons. The minimum Gasteiger partial charge on any atom is -0.310 e. The molecule has 0 fully saturated rings. The number of anilines is 3. The molecule has 0 aliphatic heterocycles. The molecule has 0 spiro atoms. The topological polar surface area (TPSA) is 8.17 Å². The van der Waals surface area contributed by atoms with Crippen LogP contribution in [-0.2, 0) is 5.41 Å². The Hall–Kier alpha value is -7.42. The van der Waals surface area contributed by atoms with Gasteiger partial charge in [-0.15, -0.1) is 0 Å². The highest BCUT2D eigenvalue weighted by atomic mass is 15.1. The molecule has 2 nitrogen and oxygen atoms in total. The molecule has 9 aromatic carbocycles. The van der Waals surface area contributed by atoms with Crippen LogP contribution in [0.1, 0.15) is 25.0 Å². The largest absolute Gasteiger partial charge is 0.310 e. The van der Waals surface area contributed by atoms with Crippen molar-refractivity contribution in [2.45, 2.75) is 19.3 Å². The van der Waals surface area contributed by atoms with E-state index >= 15 is 0 Å². The molecule has 1 aliphatic carbocycles. The second kappa shape index (κ2) is 13.9. The van der Waals surface area contributed by atoms with Gasteiger partial charge < -0.3 is 9.47 Å². The Labute approximate surface area is 345 Å². The summed E-state index contributed by atoms with van der Waals surface area (Å²) in [6.45, 7) is 4.71. The molecular weight excluding hydrogens is 713 g/mol. The van der Waals surface area contributed by atoms with Crippen molar-refractivity contribution >= 4 is 38.9 Å². The van der Waals surface area contributed by atoms with Crippen LogP contribution in [0.5, 0.6) is 0 Å². The fourth-order valence-corrected chi connectivity index (χ4v) is 9.54. The van der Waals surface area contributed by atoms with E-state index in [1.807, 2.05) is 0 Å². The normalized spacial score (nSPS) is 12.7. The highest BCUT2D eigenvalue weighted by Crippen LogP contribution is 2.53. The number of para-hydroxylation sites is 3. The van der Waals surface area contributed by atoms with Gasteiger partial charge in [0.15, 0.2) is 0 Å². The van der Waals surface area contributed by atoms with Gasteiger partial charge in [-0.2, -0.15) is 0 Å². The summed E-state index contributed by atoms with van der Waals surface area (Å²) in [5.41, 5.74) is 19.4.